The van der Waals surface area contributed by atoms with Crippen molar-refractivity contribution < 1.29 is 0 Å². The first-order valence-corrected chi connectivity index (χ1v) is 9.37. The van der Waals surface area contributed by atoms with Gasteiger partial charge in [0, 0.05) is 41.6 Å². The van der Waals surface area contributed by atoms with Crippen molar-refractivity contribution in [3.05, 3.63) is 95.8 Å². The van der Waals surface area contributed by atoms with Crippen LogP contribution in [-0.4, -0.2) is 29.5 Å². The molecule has 0 fully saturated rings. The van der Waals surface area contributed by atoms with Crippen molar-refractivity contribution in [1.82, 2.24) is 29.5 Å². The van der Waals surface area contributed by atoms with Crippen molar-refractivity contribution in [2.75, 3.05) is 0 Å². The summed E-state index contributed by atoms with van der Waals surface area (Å²) in [7, 11) is 0. The molecule has 0 atom stereocenters. The average Bonchev–Trinajstić information content (AvgIpc) is 2.80. The van der Waals surface area contributed by atoms with Crippen LogP contribution in [0.3, 0.4) is 0 Å². The van der Waals surface area contributed by atoms with Crippen LogP contribution in [0.4, 0.5) is 0 Å². The Kier molecular flexibility index (Phi) is 4.33. The van der Waals surface area contributed by atoms with Crippen molar-refractivity contribution in [3.63, 3.8) is 0 Å². The summed E-state index contributed by atoms with van der Waals surface area (Å²) < 4.78 is 1.49. The molecule has 144 valence electrons. The summed E-state index contributed by atoms with van der Waals surface area (Å²) in [6.45, 7) is 1.93. The molecular weight excluding hydrogens is 376 g/mol. The van der Waals surface area contributed by atoms with E-state index in [0.29, 0.717) is 28.0 Å². The Morgan fingerprint density at radius 3 is 2.40 bits per heavy atom. The molecule has 0 aliphatic heterocycles. The highest BCUT2D eigenvalue weighted by atomic mass is 16.1. The second-order valence-electron chi connectivity index (χ2n) is 6.81. The van der Waals surface area contributed by atoms with E-state index in [2.05, 4.69) is 19.9 Å². The Labute approximate surface area is 171 Å². The minimum atomic E-state index is -0.193. The standard InChI is InChI=1S/C23H16N6O/c1-15-6-7-16(12-26-15)20-10-19-22(21(28-20)17-4-2-8-24-11-17)27-14-29(23(19)30)18-5-3-9-25-13-18/h2-14H,1H3. The predicted octanol–water partition coefficient (Wildman–Crippen LogP) is 3.61. The van der Waals surface area contributed by atoms with E-state index in [4.69, 9.17) is 4.98 Å². The van der Waals surface area contributed by atoms with E-state index in [1.54, 1.807) is 43.1 Å². The van der Waals surface area contributed by atoms with E-state index >= 15 is 0 Å². The van der Waals surface area contributed by atoms with Gasteiger partial charge in [0.15, 0.2) is 0 Å². The van der Waals surface area contributed by atoms with Gasteiger partial charge in [-0.05, 0) is 49.4 Å². The fraction of sp³-hybridized carbons (Fsp3) is 0.0435. The summed E-state index contributed by atoms with van der Waals surface area (Å²) in [6.07, 6.45) is 9.97. The van der Waals surface area contributed by atoms with Crippen LogP contribution in [-0.2, 0) is 0 Å². The fourth-order valence-corrected chi connectivity index (χ4v) is 3.28. The molecule has 0 unspecified atom stereocenters. The number of hydrogen-bond donors (Lipinski definition) is 0. The molecule has 0 aliphatic rings. The third kappa shape index (κ3) is 3.12. The van der Waals surface area contributed by atoms with Crippen LogP contribution < -0.4 is 5.56 Å². The average molecular weight is 392 g/mol. The summed E-state index contributed by atoms with van der Waals surface area (Å²) in [5.74, 6) is 0. The smallest absolute Gasteiger partial charge is 0.265 e. The van der Waals surface area contributed by atoms with Crippen LogP contribution in [0.15, 0.2) is 84.6 Å². The number of hydrogen-bond acceptors (Lipinski definition) is 6. The minimum absolute atomic E-state index is 0.193. The van der Waals surface area contributed by atoms with E-state index in [1.165, 1.54) is 10.9 Å². The number of rotatable bonds is 3. The van der Waals surface area contributed by atoms with Crippen LogP contribution >= 0.6 is 0 Å². The molecule has 0 aliphatic carbocycles. The van der Waals surface area contributed by atoms with Crippen LogP contribution in [0, 0.1) is 6.92 Å². The molecule has 0 N–H and O–H groups in total. The van der Waals surface area contributed by atoms with Gasteiger partial charge in [-0.3, -0.25) is 24.3 Å². The first kappa shape index (κ1) is 17.8. The lowest BCUT2D eigenvalue weighted by atomic mass is 10.1. The van der Waals surface area contributed by atoms with Crippen LogP contribution in [0.5, 0.6) is 0 Å². The van der Waals surface area contributed by atoms with Gasteiger partial charge in [0.05, 0.1) is 28.7 Å². The topological polar surface area (TPSA) is 86.5 Å². The maximum Gasteiger partial charge on any atom is 0.265 e. The molecule has 0 spiro atoms. The molecule has 0 saturated heterocycles. The van der Waals surface area contributed by atoms with E-state index in [0.717, 1.165) is 16.8 Å². The molecule has 5 aromatic heterocycles. The van der Waals surface area contributed by atoms with Gasteiger partial charge >= 0.3 is 0 Å². The maximum atomic E-state index is 13.4. The van der Waals surface area contributed by atoms with E-state index in [-0.39, 0.29) is 5.56 Å². The number of pyridine rings is 4. The minimum Gasteiger partial charge on any atom is -0.268 e. The summed E-state index contributed by atoms with van der Waals surface area (Å²) in [5, 5.41) is 0.464. The molecule has 5 aromatic rings. The maximum absolute atomic E-state index is 13.4. The zero-order valence-electron chi connectivity index (χ0n) is 16.1. The van der Waals surface area contributed by atoms with E-state index < -0.39 is 0 Å². The van der Waals surface area contributed by atoms with Gasteiger partial charge in [-0.25, -0.2) is 9.97 Å². The largest absolute Gasteiger partial charge is 0.268 e. The number of fused-ring (bicyclic) bond motifs is 1. The molecular formula is C23H16N6O. The molecule has 30 heavy (non-hydrogen) atoms. The number of nitrogens with zero attached hydrogens (tertiary/aromatic N) is 6. The first-order valence-electron chi connectivity index (χ1n) is 9.37. The molecule has 0 bridgehead atoms. The van der Waals surface area contributed by atoms with Crippen molar-refractivity contribution in [2.24, 2.45) is 0 Å². The highest BCUT2D eigenvalue weighted by Crippen LogP contribution is 2.28. The van der Waals surface area contributed by atoms with E-state index in [9.17, 15) is 4.79 Å². The molecule has 7 nitrogen and oxygen atoms in total. The summed E-state index contributed by atoms with van der Waals surface area (Å²) in [4.78, 5) is 35.4. The zero-order valence-corrected chi connectivity index (χ0v) is 16.1. The third-order valence-corrected chi connectivity index (χ3v) is 4.81. The van der Waals surface area contributed by atoms with Gasteiger partial charge in [0.25, 0.3) is 5.56 Å². The molecule has 0 radical (unpaired) electrons. The van der Waals surface area contributed by atoms with Crippen LogP contribution in [0.25, 0.3) is 39.1 Å². The van der Waals surface area contributed by atoms with Gasteiger partial charge in [-0.2, -0.15) is 0 Å². The number of aryl methyl sites for hydroxylation is 1. The van der Waals surface area contributed by atoms with Gasteiger partial charge < -0.3 is 0 Å². The quantitative estimate of drug-likeness (QED) is 0.466. The Morgan fingerprint density at radius 2 is 1.70 bits per heavy atom. The molecule has 0 saturated carbocycles. The number of aromatic nitrogens is 6. The van der Waals surface area contributed by atoms with Gasteiger partial charge in [-0.15, -0.1) is 0 Å². The van der Waals surface area contributed by atoms with Gasteiger partial charge in [-0.1, -0.05) is 0 Å². The highest BCUT2D eigenvalue weighted by molar-refractivity contribution is 5.93. The predicted molar refractivity (Wildman–Crippen MR) is 114 cm³/mol. The molecule has 5 rings (SSSR count). The first-order chi connectivity index (χ1) is 14.7. The fourth-order valence-electron chi connectivity index (χ4n) is 3.28. The van der Waals surface area contributed by atoms with Crippen LogP contribution in [0.1, 0.15) is 5.69 Å². The molecule has 0 aromatic carbocycles. The Hall–Kier alpha value is -4.26. The van der Waals surface area contributed by atoms with E-state index in [1.807, 2.05) is 37.3 Å². The van der Waals surface area contributed by atoms with Crippen LogP contribution in [0.2, 0.25) is 0 Å². The Bertz CT molecular complexity index is 1400. The normalized spacial score (nSPS) is 11.0. The van der Waals surface area contributed by atoms with Gasteiger partial charge in [0.2, 0.25) is 0 Å². The monoisotopic (exact) mass is 392 g/mol. The second-order valence-corrected chi connectivity index (χ2v) is 6.81. The summed E-state index contributed by atoms with van der Waals surface area (Å²) in [6, 6.07) is 13.0. The Morgan fingerprint density at radius 1 is 0.867 bits per heavy atom. The second kappa shape index (κ2) is 7.29. The highest BCUT2D eigenvalue weighted by Gasteiger charge is 2.15. The Balaban J connectivity index is 1.83. The molecule has 0 amide bonds. The SMILES string of the molecule is Cc1ccc(-c2cc3c(=O)n(-c4cccnc4)cnc3c(-c3cccnc3)n2)cn1. The van der Waals surface area contributed by atoms with Gasteiger partial charge in [0.1, 0.15) is 11.8 Å². The third-order valence-electron chi connectivity index (χ3n) is 4.81. The van der Waals surface area contributed by atoms with Crippen molar-refractivity contribution >= 4 is 10.9 Å². The summed E-state index contributed by atoms with van der Waals surface area (Å²) >= 11 is 0. The molecule has 5 heterocycles. The molecule has 7 heteroatoms. The van der Waals surface area contributed by atoms with Crippen molar-refractivity contribution in [1.29, 1.82) is 0 Å². The van der Waals surface area contributed by atoms with Crippen molar-refractivity contribution in [3.8, 4) is 28.2 Å². The lowest BCUT2D eigenvalue weighted by Crippen LogP contribution is -2.19. The zero-order chi connectivity index (χ0) is 20.5. The van der Waals surface area contributed by atoms with Crippen molar-refractivity contribution in [2.45, 2.75) is 6.92 Å². The lowest BCUT2D eigenvalue weighted by molar-refractivity contribution is 0.952. The summed E-state index contributed by atoms with van der Waals surface area (Å²) in [5.41, 5.74) is 4.75. The lowest BCUT2D eigenvalue weighted by Gasteiger charge is -2.11.